The van der Waals surface area contributed by atoms with Crippen molar-refractivity contribution in [3.63, 3.8) is 0 Å². The largest absolute Gasteiger partial charge is 0.400 e. The zero-order chi connectivity index (χ0) is 25.2. The minimum atomic E-state index is 0.129. The topological polar surface area (TPSA) is 83.7 Å². The molecule has 36 heavy (non-hydrogen) atoms. The van der Waals surface area contributed by atoms with Crippen LogP contribution >= 0.6 is 0 Å². The standard InChI is InChI=1S/C27H31N5O2.CH4O/c1-3-22-14-20(8-10-28-22)19-6-7-25-21(13-19)5-4-11-31(25)27-24-15-30(18(2)33)12-9-26(24)32(29-27)23-16-34-17-23;1-2/h6-8,10,13-14,23H,3-5,9,11-12,15-17H2,1-2H3;2H,1H3. The summed E-state index contributed by atoms with van der Waals surface area (Å²) in [6, 6.07) is 11.4. The van der Waals surface area contributed by atoms with Crippen LogP contribution < -0.4 is 4.90 Å². The summed E-state index contributed by atoms with van der Waals surface area (Å²) in [6.07, 6.45) is 5.83. The highest BCUT2D eigenvalue weighted by atomic mass is 16.5. The predicted octanol–water partition coefficient (Wildman–Crippen LogP) is 3.68. The number of fused-ring (bicyclic) bond motifs is 2. The second-order valence-corrected chi connectivity index (χ2v) is 9.56. The highest BCUT2D eigenvalue weighted by Crippen LogP contribution is 2.40. The molecule has 8 nitrogen and oxygen atoms in total. The molecule has 0 spiro atoms. The Kier molecular flexibility index (Phi) is 7.07. The van der Waals surface area contributed by atoms with E-state index in [0.29, 0.717) is 12.6 Å². The Morgan fingerprint density at radius 1 is 1.11 bits per heavy atom. The van der Waals surface area contributed by atoms with Crippen LogP contribution in [0.5, 0.6) is 0 Å². The van der Waals surface area contributed by atoms with Crippen molar-refractivity contribution in [3.05, 3.63) is 59.0 Å². The lowest BCUT2D eigenvalue weighted by atomic mass is 9.95. The number of hydrogen-bond donors (Lipinski definition) is 1. The number of carbonyl (C=O) groups excluding carboxylic acids is 1. The predicted molar refractivity (Wildman–Crippen MR) is 139 cm³/mol. The maximum absolute atomic E-state index is 12.2. The molecule has 190 valence electrons. The Balaban J connectivity index is 0.00000130. The smallest absolute Gasteiger partial charge is 0.219 e. The van der Waals surface area contributed by atoms with Crippen molar-refractivity contribution in [1.29, 1.82) is 0 Å². The number of nitrogens with zero attached hydrogens (tertiary/aromatic N) is 5. The average molecular weight is 490 g/mol. The van der Waals surface area contributed by atoms with Crippen LogP contribution in [0.4, 0.5) is 11.5 Å². The van der Waals surface area contributed by atoms with E-state index in [1.54, 1.807) is 6.92 Å². The Morgan fingerprint density at radius 2 is 1.92 bits per heavy atom. The molecule has 1 amide bonds. The highest BCUT2D eigenvalue weighted by molar-refractivity contribution is 5.76. The number of rotatable bonds is 4. The van der Waals surface area contributed by atoms with Gasteiger partial charge in [0.05, 0.1) is 25.8 Å². The molecule has 0 saturated carbocycles. The van der Waals surface area contributed by atoms with E-state index >= 15 is 0 Å². The number of aliphatic hydroxyl groups excluding tert-OH is 1. The lowest BCUT2D eigenvalue weighted by Crippen LogP contribution is -2.37. The Morgan fingerprint density at radius 3 is 2.64 bits per heavy atom. The second kappa shape index (κ2) is 10.4. The van der Waals surface area contributed by atoms with E-state index in [4.69, 9.17) is 14.9 Å². The van der Waals surface area contributed by atoms with Gasteiger partial charge in [-0.05, 0) is 60.2 Å². The van der Waals surface area contributed by atoms with E-state index in [0.717, 1.165) is 70.6 Å². The van der Waals surface area contributed by atoms with Gasteiger partial charge < -0.3 is 19.6 Å². The van der Waals surface area contributed by atoms with Gasteiger partial charge in [0.15, 0.2) is 5.82 Å². The minimum Gasteiger partial charge on any atom is -0.400 e. The van der Waals surface area contributed by atoms with E-state index in [1.165, 1.54) is 33.6 Å². The van der Waals surface area contributed by atoms with Crippen molar-refractivity contribution in [3.8, 4) is 11.1 Å². The summed E-state index contributed by atoms with van der Waals surface area (Å²) in [5, 5.41) is 12.1. The van der Waals surface area contributed by atoms with Crippen LogP contribution in [0.2, 0.25) is 0 Å². The lowest BCUT2D eigenvalue weighted by molar-refractivity contribution is -0.129. The fourth-order valence-electron chi connectivity index (χ4n) is 5.43. The summed E-state index contributed by atoms with van der Waals surface area (Å²) in [5.41, 5.74) is 8.63. The number of aromatic nitrogens is 3. The zero-order valence-electron chi connectivity index (χ0n) is 21.4. The Labute approximate surface area is 212 Å². The lowest BCUT2D eigenvalue weighted by Gasteiger charge is -2.33. The third-order valence-electron chi connectivity index (χ3n) is 7.44. The van der Waals surface area contributed by atoms with Crippen LogP contribution in [0.25, 0.3) is 11.1 Å². The molecule has 2 aromatic heterocycles. The number of aliphatic hydroxyl groups is 1. The van der Waals surface area contributed by atoms with Gasteiger partial charge in [0.1, 0.15) is 0 Å². The minimum absolute atomic E-state index is 0.129. The summed E-state index contributed by atoms with van der Waals surface area (Å²) in [5.74, 6) is 1.14. The van der Waals surface area contributed by atoms with Gasteiger partial charge in [0.25, 0.3) is 0 Å². The SMILES string of the molecule is CCc1cc(-c2ccc3c(c2)CCCN3c2nn(C3COC3)c3c2CN(C(C)=O)CC3)ccn1.CO. The Bertz CT molecular complexity index is 1250. The van der Waals surface area contributed by atoms with Crippen LogP contribution in [0, 0.1) is 0 Å². The summed E-state index contributed by atoms with van der Waals surface area (Å²) >= 11 is 0. The highest BCUT2D eigenvalue weighted by Gasteiger charge is 2.34. The van der Waals surface area contributed by atoms with Crippen LogP contribution in [-0.2, 0) is 35.3 Å². The quantitative estimate of drug-likeness (QED) is 0.602. The van der Waals surface area contributed by atoms with Gasteiger partial charge in [-0.15, -0.1) is 0 Å². The van der Waals surface area contributed by atoms with Gasteiger partial charge in [0.2, 0.25) is 5.91 Å². The van der Waals surface area contributed by atoms with Gasteiger partial charge in [-0.25, -0.2) is 0 Å². The summed E-state index contributed by atoms with van der Waals surface area (Å²) in [7, 11) is 1.00. The fraction of sp³-hybridized carbons (Fsp3) is 0.464. The Hall–Kier alpha value is -3.23. The molecule has 5 heterocycles. The number of amides is 1. The van der Waals surface area contributed by atoms with Gasteiger partial charge in [-0.3, -0.25) is 14.5 Å². The van der Waals surface area contributed by atoms with Crippen molar-refractivity contribution in [2.75, 3.05) is 38.3 Å². The zero-order valence-corrected chi connectivity index (χ0v) is 21.4. The normalized spacial score (nSPS) is 17.0. The number of pyridine rings is 1. The molecule has 0 radical (unpaired) electrons. The molecular formula is C28H35N5O3. The van der Waals surface area contributed by atoms with Crippen LogP contribution in [0.15, 0.2) is 36.5 Å². The molecular weight excluding hydrogens is 454 g/mol. The molecule has 0 atom stereocenters. The van der Waals surface area contributed by atoms with E-state index < -0.39 is 0 Å². The van der Waals surface area contributed by atoms with Crippen LogP contribution in [0.1, 0.15) is 48.8 Å². The molecule has 0 bridgehead atoms. The van der Waals surface area contributed by atoms with Crippen molar-refractivity contribution in [2.45, 2.75) is 52.1 Å². The molecule has 1 aromatic carbocycles. The van der Waals surface area contributed by atoms with E-state index in [-0.39, 0.29) is 5.91 Å². The van der Waals surface area contributed by atoms with Crippen LogP contribution in [0.3, 0.4) is 0 Å². The number of aryl methyl sites for hydroxylation is 2. The average Bonchev–Trinajstić information content (AvgIpc) is 3.26. The number of carbonyl (C=O) groups is 1. The number of ether oxygens (including phenoxy) is 1. The van der Waals surface area contributed by atoms with Crippen LogP contribution in [-0.4, -0.2) is 64.1 Å². The van der Waals surface area contributed by atoms with Crippen molar-refractivity contribution >= 4 is 17.4 Å². The number of anilines is 2. The van der Waals surface area contributed by atoms with E-state index in [1.807, 2.05) is 11.1 Å². The third-order valence-corrected chi connectivity index (χ3v) is 7.44. The van der Waals surface area contributed by atoms with E-state index in [2.05, 4.69) is 51.8 Å². The first kappa shape index (κ1) is 24.5. The number of benzene rings is 1. The van der Waals surface area contributed by atoms with Gasteiger partial charge >= 0.3 is 0 Å². The van der Waals surface area contributed by atoms with Crippen molar-refractivity contribution < 1.29 is 14.6 Å². The molecule has 3 aliphatic heterocycles. The van der Waals surface area contributed by atoms with E-state index in [9.17, 15) is 4.79 Å². The molecule has 1 N–H and O–H groups in total. The van der Waals surface area contributed by atoms with Crippen molar-refractivity contribution in [1.82, 2.24) is 19.7 Å². The first-order chi connectivity index (χ1) is 17.6. The summed E-state index contributed by atoms with van der Waals surface area (Å²) in [4.78, 5) is 21.0. The van der Waals surface area contributed by atoms with Crippen molar-refractivity contribution in [2.24, 2.45) is 0 Å². The number of hydrogen-bond acceptors (Lipinski definition) is 6. The maximum Gasteiger partial charge on any atom is 0.219 e. The molecule has 1 fully saturated rings. The molecule has 0 aliphatic carbocycles. The van der Waals surface area contributed by atoms with Gasteiger partial charge in [0, 0.05) is 62.4 Å². The monoisotopic (exact) mass is 489 g/mol. The molecule has 3 aromatic rings. The molecule has 3 aliphatic rings. The molecule has 0 unspecified atom stereocenters. The first-order valence-electron chi connectivity index (χ1n) is 12.9. The third kappa shape index (κ3) is 4.40. The summed E-state index contributed by atoms with van der Waals surface area (Å²) in [6.45, 7) is 7.56. The fourth-order valence-corrected chi connectivity index (χ4v) is 5.43. The first-order valence-corrected chi connectivity index (χ1v) is 12.9. The molecule has 1 saturated heterocycles. The molecule has 8 heteroatoms. The summed E-state index contributed by atoms with van der Waals surface area (Å²) < 4.78 is 7.67. The van der Waals surface area contributed by atoms with Gasteiger partial charge in [-0.1, -0.05) is 13.0 Å². The maximum atomic E-state index is 12.2. The second-order valence-electron chi connectivity index (χ2n) is 9.56. The van der Waals surface area contributed by atoms with Gasteiger partial charge in [-0.2, -0.15) is 5.10 Å². The molecule has 6 rings (SSSR count).